The number of aromatic amines is 1. The Morgan fingerprint density at radius 1 is 1.16 bits per heavy atom. The van der Waals surface area contributed by atoms with Crippen molar-refractivity contribution >= 4 is 41.3 Å². The number of rotatable bonds is 11. The molecule has 1 saturated heterocycles. The van der Waals surface area contributed by atoms with E-state index in [4.69, 9.17) is 28.6 Å². The second-order valence-electron chi connectivity index (χ2n) is 7.67. The minimum Gasteiger partial charge on any atom is -0.352 e. The average Bonchev–Trinajstić information content (AvgIpc) is 3.16. The first kappa shape index (κ1) is 23.3. The summed E-state index contributed by atoms with van der Waals surface area (Å²) in [7, 11) is 0. The van der Waals surface area contributed by atoms with Gasteiger partial charge in [0.2, 0.25) is 11.9 Å². The first-order valence-electron chi connectivity index (χ1n) is 10.6. The molecule has 31 heavy (non-hydrogen) atoms. The Morgan fingerprint density at radius 2 is 1.97 bits per heavy atom. The third kappa shape index (κ3) is 6.55. The molecule has 2 heterocycles. The molecule has 1 amide bonds. The summed E-state index contributed by atoms with van der Waals surface area (Å²) in [4.78, 5) is 33.2. The molecule has 9 heteroatoms. The fraction of sp³-hybridized carbons (Fsp3) is 0.455. The first-order valence-corrected chi connectivity index (χ1v) is 11.3. The Hall–Kier alpha value is -2.38. The van der Waals surface area contributed by atoms with Crippen LogP contribution < -0.4 is 10.9 Å². The quantitative estimate of drug-likeness (QED) is 0.339. The van der Waals surface area contributed by atoms with Crippen LogP contribution in [0.25, 0.3) is 0 Å². The molecule has 0 aliphatic carbocycles. The number of halogens is 2. The number of H-pyrrole nitrogens is 1. The van der Waals surface area contributed by atoms with Gasteiger partial charge in [-0.25, -0.2) is 4.98 Å². The number of benzene rings is 1. The summed E-state index contributed by atoms with van der Waals surface area (Å²) in [6, 6.07) is 5.30. The van der Waals surface area contributed by atoms with Crippen LogP contribution in [0.1, 0.15) is 55.3 Å². The Morgan fingerprint density at radius 3 is 2.68 bits per heavy atom. The standard InChI is InChI=1S/C22H27Cl2N5O2/c23-17-9-8-15(12-18(17)24)14-26-22-27-19(13-25)16(21(31)28-22)6-3-1-2-4-10-29-11-5-7-20(29)30/h8-9,12-13,25H,1-7,10-11,14H2,(H2,26,27,28,31). The second-order valence-corrected chi connectivity index (χ2v) is 8.49. The molecule has 3 N–H and O–H groups in total. The molecule has 0 unspecified atom stereocenters. The lowest BCUT2D eigenvalue weighted by Gasteiger charge is -2.14. The number of unbranched alkanes of at least 4 members (excludes halogenated alkanes) is 3. The number of carbonyl (C=O) groups excluding carboxylic acids is 1. The Labute approximate surface area is 191 Å². The molecule has 3 rings (SSSR count). The number of hydrogen-bond donors (Lipinski definition) is 3. The van der Waals surface area contributed by atoms with E-state index in [1.165, 1.54) is 0 Å². The minimum atomic E-state index is -0.229. The zero-order valence-corrected chi connectivity index (χ0v) is 18.9. The zero-order valence-electron chi connectivity index (χ0n) is 17.3. The van der Waals surface area contributed by atoms with Crippen LogP contribution in [-0.2, 0) is 17.8 Å². The van der Waals surface area contributed by atoms with E-state index in [1.807, 2.05) is 11.0 Å². The van der Waals surface area contributed by atoms with Crippen molar-refractivity contribution < 1.29 is 4.79 Å². The molecule has 166 valence electrons. The summed E-state index contributed by atoms with van der Waals surface area (Å²) in [6.45, 7) is 2.12. The fourth-order valence-electron chi connectivity index (χ4n) is 3.69. The maximum atomic E-state index is 12.5. The van der Waals surface area contributed by atoms with Crippen molar-refractivity contribution in [3.63, 3.8) is 0 Å². The average molecular weight is 464 g/mol. The van der Waals surface area contributed by atoms with E-state index in [2.05, 4.69) is 15.3 Å². The van der Waals surface area contributed by atoms with Crippen molar-refractivity contribution in [3.8, 4) is 0 Å². The predicted octanol–water partition coefficient (Wildman–Crippen LogP) is 4.41. The number of amides is 1. The van der Waals surface area contributed by atoms with E-state index in [9.17, 15) is 9.59 Å². The number of aromatic nitrogens is 2. The number of hydrogen-bond acceptors (Lipinski definition) is 5. The topological polar surface area (TPSA) is 102 Å². The maximum absolute atomic E-state index is 12.5. The molecular weight excluding hydrogens is 437 g/mol. The van der Waals surface area contributed by atoms with Crippen LogP contribution in [0, 0.1) is 5.41 Å². The van der Waals surface area contributed by atoms with Gasteiger partial charge in [-0.15, -0.1) is 0 Å². The summed E-state index contributed by atoms with van der Waals surface area (Å²) in [5.74, 6) is 0.578. The summed E-state index contributed by atoms with van der Waals surface area (Å²) in [6.07, 6.45) is 7.15. The normalized spacial score (nSPS) is 13.6. The van der Waals surface area contributed by atoms with Gasteiger partial charge in [-0.3, -0.25) is 14.6 Å². The van der Waals surface area contributed by atoms with Crippen molar-refractivity contribution in [1.29, 1.82) is 5.41 Å². The van der Waals surface area contributed by atoms with Crippen LogP contribution in [0.15, 0.2) is 23.0 Å². The zero-order chi connectivity index (χ0) is 22.2. The molecule has 1 fully saturated rings. The predicted molar refractivity (Wildman–Crippen MR) is 125 cm³/mol. The van der Waals surface area contributed by atoms with Gasteiger partial charge in [0.1, 0.15) is 0 Å². The molecule has 0 bridgehead atoms. The lowest BCUT2D eigenvalue weighted by molar-refractivity contribution is -0.127. The number of nitrogens with zero attached hydrogens (tertiary/aromatic N) is 2. The van der Waals surface area contributed by atoms with Crippen molar-refractivity contribution in [2.45, 2.75) is 51.5 Å². The van der Waals surface area contributed by atoms with E-state index in [0.717, 1.165) is 57.0 Å². The maximum Gasteiger partial charge on any atom is 0.256 e. The lowest BCUT2D eigenvalue weighted by Crippen LogP contribution is -2.25. The van der Waals surface area contributed by atoms with Crippen LogP contribution in [0.5, 0.6) is 0 Å². The van der Waals surface area contributed by atoms with Crippen molar-refractivity contribution in [1.82, 2.24) is 14.9 Å². The van der Waals surface area contributed by atoms with E-state index >= 15 is 0 Å². The number of anilines is 1. The van der Waals surface area contributed by atoms with Crippen LogP contribution in [-0.4, -0.2) is 40.1 Å². The number of likely N-dealkylation sites (tertiary alicyclic amines) is 1. The van der Waals surface area contributed by atoms with E-state index in [1.54, 1.807) is 12.1 Å². The van der Waals surface area contributed by atoms with Crippen molar-refractivity contribution in [2.24, 2.45) is 0 Å². The van der Waals surface area contributed by atoms with Gasteiger partial charge in [-0.05, 0) is 43.4 Å². The van der Waals surface area contributed by atoms with E-state index in [0.29, 0.717) is 46.6 Å². The molecule has 0 spiro atoms. The van der Waals surface area contributed by atoms with E-state index < -0.39 is 0 Å². The number of carbonyl (C=O) groups is 1. The van der Waals surface area contributed by atoms with Gasteiger partial charge in [0, 0.05) is 37.8 Å². The molecule has 0 atom stereocenters. The monoisotopic (exact) mass is 463 g/mol. The van der Waals surface area contributed by atoms with Crippen LogP contribution >= 0.6 is 23.2 Å². The van der Waals surface area contributed by atoms with Gasteiger partial charge in [-0.2, -0.15) is 0 Å². The van der Waals surface area contributed by atoms with Crippen molar-refractivity contribution in [3.05, 3.63) is 55.4 Å². The summed E-state index contributed by atoms with van der Waals surface area (Å²) in [5.41, 5.74) is 1.58. The highest BCUT2D eigenvalue weighted by molar-refractivity contribution is 6.42. The third-order valence-electron chi connectivity index (χ3n) is 5.40. The summed E-state index contributed by atoms with van der Waals surface area (Å²) >= 11 is 12.0. The van der Waals surface area contributed by atoms with Gasteiger partial charge in [0.25, 0.3) is 5.56 Å². The molecular formula is C22H27Cl2N5O2. The Balaban J connectivity index is 1.49. The fourth-order valence-corrected chi connectivity index (χ4v) is 4.01. The lowest BCUT2D eigenvalue weighted by atomic mass is 10.1. The Kier molecular flexibility index (Phi) is 8.49. The van der Waals surface area contributed by atoms with Crippen LogP contribution in [0.2, 0.25) is 10.0 Å². The van der Waals surface area contributed by atoms with Crippen molar-refractivity contribution in [2.75, 3.05) is 18.4 Å². The molecule has 1 aromatic heterocycles. The largest absolute Gasteiger partial charge is 0.352 e. The molecule has 0 radical (unpaired) electrons. The summed E-state index contributed by atoms with van der Waals surface area (Å²) < 4.78 is 0. The van der Waals surface area contributed by atoms with Gasteiger partial charge in [-0.1, -0.05) is 42.1 Å². The SMILES string of the molecule is N=Cc1nc(NCc2ccc(Cl)c(Cl)c2)[nH]c(=O)c1CCCCCCN1CCCC1=O. The molecule has 2 aromatic rings. The second kappa shape index (κ2) is 11.3. The van der Waals surface area contributed by atoms with Crippen LogP contribution in [0.4, 0.5) is 5.95 Å². The minimum absolute atomic E-state index is 0.229. The molecule has 0 saturated carbocycles. The molecule has 1 aliphatic heterocycles. The highest BCUT2D eigenvalue weighted by Crippen LogP contribution is 2.23. The Bertz CT molecular complexity index is 992. The van der Waals surface area contributed by atoms with Gasteiger partial charge in [0.05, 0.1) is 15.7 Å². The molecule has 7 nitrogen and oxygen atoms in total. The summed E-state index contributed by atoms with van der Waals surface area (Å²) in [5, 5.41) is 11.7. The molecule has 1 aliphatic rings. The highest BCUT2D eigenvalue weighted by atomic mass is 35.5. The van der Waals surface area contributed by atoms with Gasteiger partial charge < -0.3 is 15.6 Å². The molecule has 1 aromatic carbocycles. The highest BCUT2D eigenvalue weighted by Gasteiger charge is 2.18. The van der Waals surface area contributed by atoms with Crippen LogP contribution in [0.3, 0.4) is 0 Å². The smallest absolute Gasteiger partial charge is 0.256 e. The van der Waals surface area contributed by atoms with Gasteiger partial charge in [0.15, 0.2) is 0 Å². The first-order chi connectivity index (χ1) is 15.0. The van der Waals surface area contributed by atoms with E-state index in [-0.39, 0.29) is 11.5 Å². The number of nitrogens with one attached hydrogen (secondary N) is 3. The third-order valence-corrected chi connectivity index (χ3v) is 6.14. The van der Waals surface area contributed by atoms with Gasteiger partial charge >= 0.3 is 0 Å².